The number of non-ortho nitro benzene ring substituents is 1. The van der Waals surface area contributed by atoms with Crippen LogP contribution >= 0.6 is 0 Å². The van der Waals surface area contributed by atoms with Crippen LogP contribution in [0, 0.1) is 34.1 Å². The number of rotatable bonds is 7. The van der Waals surface area contributed by atoms with E-state index >= 15 is 0 Å². The summed E-state index contributed by atoms with van der Waals surface area (Å²) in [5.74, 6) is -1.48. The highest BCUT2D eigenvalue weighted by Gasteiger charge is 2.33. The van der Waals surface area contributed by atoms with Gasteiger partial charge in [-0.2, -0.15) is 9.78 Å². The molecule has 0 fully saturated rings. The number of carbonyl (C=O) groups excluding carboxylic acids is 1. The number of nitro groups is 2. The predicted octanol–water partition coefficient (Wildman–Crippen LogP) is 4.36. The predicted molar refractivity (Wildman–Crippen MR) is 130 cm³/mol. The zero-order valence-corrected chi connectivity index (χ0v) is 20.2. The van der Waals surface area contributed by atoms with Gasteiger partial charge < -0.3 is 4.74 Å². The zero-order valence-electron chi connectivity index (χ0n) is 19.4. The molecule has 0 radical (unpaired) electrons. The van der Waals surface area contributed by atoms with Crippen LogP contribution < -0.4 is 4.74 Å². The highest BCUT2D eigenvalue weighted by atomic mass is 32.2. The van der Waals surface area contributed by atoms with Gasteiger partial charge in [0.2, 0.25) is 15.7 Å². The van der Waals surface area contributed by atoms with E-state index in [0.717, 1.165) is 35.0 Å². The molecule has 0 saturated carbocycles. The van der Waals surface area contributed by atoms with Gasteiger partial charge in [0.1, 0.15) is 0 Å². The molecular formula is C24H18N4O8S. The van der Waals surface area contributed by atoms with E-state index in [-0.39, 0.29) is 27.5 Å². The zero-order chi connectivity index (χ0) is 26.9. The fourth-order valence-electron chi connectivity index (χ4n) is 3.58. The Morgan fingerprint density at radius 2 is 1.57 bits per heavy atom. The van der Waals surface area contributed by atoms with Crippen molar-refractivity contribution in [1.82, 2.24) is 9.78 Å². The second-order valence-corrected chi connectivity index (χ2v) is 9.76. The Morgan fingerprint density at radius 3 is 2.16 bits per heavy atom. The van der Waals surface area contributed by atoms with Crippen molar-refractivity contribution in [2.75, 3.05) is 0 Å². The number of sulfone groups is 1. The normalized spacial score (nSPS) is 11.2. The highest BCUT2D eigenvalue weighted by molar-refractivity contribution is 7.91. The van der Waals surface area contributed by atoms with Crippen LogP contribution in [-0.2, 0) is 9.84 Å². The van der Waals surface area contributed by atoms with Crippen LogP contribution in [0.5, 0.6) is 5.88 Å². The topological polar surface area (TPSA) is 165 Å². The number of hydrogen-bond donors (Lipinski definition) is 0. The van der Waals surface area contributed by atoms with E-state index in [9.17, 15) is 33.4 Å². The lowest BCUT2D eigenvalue weighted by atomic mass is 10.1. The van der Waals surface area contributed by atoms with Crippen molar-refractivity contribution in [2.45, 2.75) is 23.6 Å². The molecular weight excluding hydrogens is 504 g/mol. The van der Waals surface area contributed by atoms with Crippen LogP contribution in [0.1, 0.15) is 21.6 Å². The van der Waals surface area contributed by atoms with Crippen molar-refractivity contribution in [3.63, 3.8) is 0 Å². The van der Waals surface area contributed by atoms with Gasteiger partial charge in [-0.3, -0.25) is 20.2 Å². The van der Waals surface area contributed by atoms with E-state index in [1.807, 2.05) is 0 Å². The van der Waals surface area contributed by atoms with E-state index in [2.05, 4.69) is 5.10 Å². The Hall–Kier alpha value is -4.91. The molecule has 0 amide bonds. The fourth-order valence-corrected chi connectivity index (χ4v) is 5.10. The van der Waals surface area contributed by atoms with Gasteiger partial charge in [-0.15, -0.1) is 0 Å². The largest absolute Gasteiger partial charge is 0.402 e. The van der Waals surface area contributed by atoms with Gasteiger partial charge in [0, 0.05) is 23.8 Å². The summed E-state index contributed by atoms with van der Waals surface area (Å²) in [6.07, 6.45) is 0. The van der Waals surface area contributed by atoms with Crippen LogP contribution in [-0.4, -0.2) is 34.0 Å². The van der Waals surface area contributed by atoms with Crippen LogP contribution in [0.2, 0.25) is 0 Å². The van der Waals surface area contributed by atoms with E-state index < -0.39 is 36.4 Å². The van der Waals surface area contributed by atoms with Gasteiger partial charge in [0.15, 0.2) is 4.90 Å². The minimum Gasteiger partial charge on any atom is -0.402 e. The van der Waals surface area contributed by atoms with Gasteiger partial charge >= 0.3 is 5.97 Å². The fraction of sp³-hybridized carbons (Fsp3) is 0.0833. The average molecular weight is 522 g/mol. The Labute approximate surface area is 210 Å². The van der Waals surface area contributed by atoms with Crippen LogP contribution in [0.15, 0.2) is 82.6 Å². The number of nitro benzene ring substituents is 2. The second kappa shape index (κ2) is 9.62. The van der Waals surface area contributed by atoms with E-state index in [4.69, 9.17) is 4.74 Å². The number of para-hydroxylation sites is 1. The standard InChI is InChI=1S/C24H18N4O8S/c1-15-8-9-17(14-21(15)28(32)33)24(29)36-23-22(16(2)25-26(23)18-6-4-3-5-7-18)37(34,35)20-12-10-19(11-13-20)27(30)31/h3-14H,1-2H3. The van der Waals surface area contributed by atoms with Crippen LogP contribution in [0.3, 0.4) is 0 Å². The molecule has 0 unspecified atom stereocenters. The molecule has 0 atom stereocenters. The van der Waals surface area contributed by atoms with Crippen LogP contribution in [0.25, 0.3) is 5.69 Å². The Balaban J connectivity index is 1.87. The van der Waals surface area contributed by atoms with Gasteiger partial charge in [0.25, 0.3) is 11.4 Å². The first kappa shape index (κ1) is 25.2. The van der Waals surface area contributed by atoms with Crippen LogP contribution in [0.4, 0.5) is 11.4 Å². The smallest absolute Gasteiger partial charge is 0.345 e. The third-order valence-electron chi connectivity index (χ3n) is 5.42. The lowest BCUT2D eigenvalue weighted by molar-refractivity contribution is -0.385. The van der Waals surface area contributed by atoms with Gasteiger partial charge in [-0.05, 0) is 44.2 Å². The third kappa shape index (κ3) is 4.79. The quantitative estimate of drug-likeness (QED) is 0.195. The molecule has 0 saturated heterocycles. The van der Waals surface area contributed by atoms with Gasteiger partial charge in [0.05, 0.1) is 31.7 Å². The van der Waals surface area contributed by atoms with Crippen molar-refractivity contribution < 1.29 is 27.8 Å². The summed E-state index contributed by atoms with van der Waals surface area (Å²) < 4.78 is 33.9. The van der Waals surface area contributed by atoms with Crippen molar-refractivity contribution in [3.8, 4) is 11.6 Å². The number of aryl methyl sites for hydroxylation is 2. The van der Waals surface area contributed by atoms with E-state index in [1.165, 1.54) is 26.0 Å². The number of aromatic nitrogens is 2. The highest BCUT2D eigenvalue weighted by Crippen LogP contribution is 2.35. The summed E-state index contributed by atoms with van der Waals surface area (Å²) in [4.78, 5) is 33.4. The number of benzene rings is 3. The molecule has 4 rings (SSSR count). The summed E-state index contributed by atoms with van der Waals surface area (Å²) in [6, 6.07) is 16.3. The van der Waals surface area contributed by atoms with Crippen molar-refractivity contribution in [1.29, 1.82) is 0 Å². The maximum absolute atomic E-state index is 13.6. The van der Waals surface area contributed by atoms with Crippen molar-refractivity contribution >= 4 is 27.2 Å². The number of esters is 1. The molecule has 0 N–H and O–H groups in total. The van der Waals surface area contributed by atoms with Gasteiger partial charge in [-0.25, -0.2) is 13.2 Å². The summed E-state index contributed by atoms with van der Waals surface area (Å²) >= 11 is 0. The summed E-state index contributed by atoms with van der Waals surface area (Å²) in [5, 5.41) is 26.6. The monoisotopic (exact) mass is 522 g/mol. The number of nitrogens with zero attached hydrogens (tertiary/aromatic N) is 4. The SMILES string of the molecule is Cc1ccc(C(=O)Oc2c(S(=O)(=O)c3ccc([N+](=O)[O-])cc3)c(C)nn2-c2ccccc2)cc1[N+](=O)[O-]. The number of hydrogen-bond acceptors (Lipinski definition) is 9. The van der Waals surface area contributed by atoms with Crippen molar-refractivity contribution in [2.24, 2.45) is 0 Å². The lowest BCUT2D eigenvalue weighted by Gasteiger charge is -2.11. The first-order valence-corrected chi connectivity index (χ1v) is 12.1. The minimum atomic E-state index is -4.38. The molecule has 0 spiro atoms. The lowest BCUT2D eigenvalue weighted by Crippen LogP contribution is -2.15. The second-order valence-electron chi connectivity index (χ2n) is 7.87. The van der Waals surface area contributed by atoms with Gasteiger partial charge in [-0.1, -0.05) is 24.3 Å². The molecule has 0 aliphatic carbocycles. The molecule has 4 aromatic rings. The third-order valence-corrected chi connectivity index (χ3v) is 7.32. The minimum absolute atomic E-state index is 0.0000995. The number of ether oxygens (including phenoxy) is 1. The summed E-state index contributed by atoms with van der Waals surface area (Å²) in [7, 11) is -4.38. The first-order valence-electron chi connectivity index (χ1n) is 10.6. The molecule has 188 valence electrons. The Kier molecular flexibility index (Phi) is 6.55. The Bertz CT molecular complexity index is 1650. The maximum Gasteiger partial charge on any atom is 0.345 e. The molecule has 0 aliphatic rings. The molecule has 13 heteroatoms. The maximum atomic E-state index is 13.6. The Morgan fingerprint density at radius 1 is 0.919 bits per heavy atom. The first-order chi connectivity index (χ1) is 17.5. The van der Waals surface area contributed by atoms with E-state index in [0.29, 0.717) is 11.3 Å². The molecule has 0 bridgehead atoms. The molecule has 12 nitrogen and oxygen atoms in total. The molecule has 0 aliphatic heterocycles. The average Bonchev–Trinajstić information content (AvgIpc) is 3.20. The molecule has 1 aromatic heterocycles. The van der Waals surface area contributed by atoms with Crippen molar-refractivity contribution in [3.05, 3.63) is 110 Å². The molecule has 1 heterocycles. The molecule has 3 aromatic carbocycles. The summed E-state index contributed by atoms with van der Waals surface area (Å²) in [5.41, 5.74) is -0.0693. The van der Waals surface area contributed by atoms with E-state index in [1.54, 1.807) is 30.3 Å². The summed E-state index contributed by atoms with van der Waals surface area (Å²) in [6.45, 7) is 2.92. The number of carbonyl (C=O) groups is 1. The molecule has 37 heavy (non-hydrogen) atoms.